The average molecular weight is 401 g/mol. The molecule has 6 heteroatoms. The summed E-state index contributed by atoms with van der Waals surface area (Å²) in [6.45, 7) is 1.86. The number of nitrogens with zero attached hydrogens (tertiary/aromatic N) is 2. The largest absolute Gasteiger partial charge is 0.332 e. The van der Waals surface area contributed by atoms with Gasteiger partial charge in [-0.3, -0.25) is 9.78 Å². The Kier molecular flexibility index (Phi) is 5.72. The number of pyridine rings is 1. The molecule has 144 valence electrons. The van der Waals surface area contributed by atoms with Crippen LogP contribution in [-0.4, -0.2) is 26.1 Å². The molecule has 2 N–H and O–H groups in total. The first-order chi connectivity index (χ1) is 14.2. The van der Waals surface area contributed by atoms with E-state index >= 15 is 0 Å². The van der Waals surface area contributed by atoms with Crippen molar-refractivity contribution in [2.24, 2.45) is 0 Å². The first-order valence-electron chi connectivity index (χ1n) is 9.29. The van der Waals surface area contributed by atoms with E-state index in [1.165, 1.54) is 11.8 Å². The number of H-pyrrole nitrogens is 1. The summed E-state index contributed by atoms with van der Waals surface area (Å²) in [5, 5.41) is 3.26. The Bertz CT molecular complexity index is 1020. The summed E-state index contributed by atoms with van der Waals surface area (Å²) < 4.78 is 0. The second kappa shape index (κ2) is 8.75. The highest BCUT2D eigenvalue weighted by atomic mass is 32.2. The van der Waals surface area contributed by atoms with E-state index in [-0.39, 0.29) is 11.2 Å². The fourth-order valence-corrected chi connectivity index (χ4v) is 3.73. The Labute approximate surface area is 173 Å². The molecule has 0 aliphatic rings. The van der Waals surface area contributed by atoms with E-state index in [0.29, 0.717) is 10.8 Å². The number of aromatic nitrogens is 3. The molecule has 2 aromatic heterocycles. The predicted molar refractivity (Wildman–Crippen MR) is 118 cm³/mol. The van der Waals surface area contributed by atoms with Crippen LogP contribution in [0.4, 0.5) is 5.69 Å². The number of carbonyl (C=O) groups is 1. The molecule has 0 radical (unpaired) electrons. The van der Waals surface area contributed by atoms with Crippen molar-refractivity contribution >= 4 is 23.4 Å². The molecular formula is C23H20N4OS. The zero-order valence-corrected chi connectivity index (χ0v) is 16.7. The fourth-order valence-electron chi connectivity index (χ4n) is 2.93. The van der Waals surface area contributed by atoms with Gasteiger partial charge in [0.05, 0.1) is 28.5 Å². The van der Waals surface area contributed by atoms with Crippen LogP contribution in [0.3, 0.4) is 0 Å². The summed E-state index contributed by atoms with van der Waals surface area (Å²) in [5.41, 5.74) is 4.58. The molecule has 4 aromatic rings. The molecule has 0 saturated carbocycles. The lowest BCUT2D eigenvalue weighted by molar-refractivity contribution is -0.115. The number of benzene rings is 2. The summed E-state index contributed by atoms with van der Waals surface area (Å²) >= 11 is 1.40. The third-order valence-electron chi connectivity index (χ3n) is 4.38. The maximum absolute atomic E-state index is 12.5. The van der Waals surface area contributed by atoms with E-state index in [1.54, 1.807) is 18.5 Å². The number of rotatable bonds is 6. The predicted octanol–water partition coefficient (Wildman–Crippen LogP) is 5.26. The maximum atomic E-state index is 12.5. The lowest BCUT2D eigenvalue weighted by atomic mass is 10.1. The van der Waals surface area contributed by atoms with Gasteiger partial charge in [-0.25, -0.2) is 4.98 Å². The molecule has 2 heterocycles. The average Bonchev–Trinajstić information content (AvgIpc) is 3.19. The normalized spacial score (nSPS) is 11.8. The van der Waals surface area contributed by atoms with Crippen molar-refractivity contribution in [2.75, 3.05) is 5.32 Å². The first-order valence-corrected chi connectivity index (χ1v) is 10.2. The SMILES string of the molecule is CC(Sc1nc(-c2ccccc2)c(-c2ccccc2)[nH]1)C(=O)Nc1cccnc1. The van der Waals surface area contributed by atoms with Crippen molar-refractivity contribution in [3.63, 3.8) is 0 Å². The molecule has 1 amide bonds. The quantitative estimate of drug-likeness (QED) is 0.433. The van der Waals surface area contributed by atoms with E-state index in [2.05, 4.69) is 15.3 Å². The number of hydrogen-bond acceptors (Lipinski definition) is 4. The molecule has 0 bridgehead atoms. The number of imidazole rings is 1. The van der Waals surface area contributed by atoms with Crippen LogP contribution < -0.4 is 5.32 Å². The second-order valence-corrected chi connectivity index (χ2v) is 7.82. The highest BCUT2D eigenvalue weighted by Gasteiger charge is 2.20. The monoisotopic (exact) mass is 400 g/mol. The van der Waals surface area contributed by atoms with Gasteiger partial charge < -0.3 is 10.3 Å². The van der Waals surface area contributed by atoms with E-state index in [4.69, 9.17) is 4.98 Å². The van der Waals surface area contributed by atoms with Crippen molar-refractivity contribution in [3.8, 4) is 22.5 Å². The molecule has 29 heavy (non-hydrogen) atoms. The molecule has 0 saturated heterocycles. The number of carbonyl (C=O) groups excluding carboxylic acids is 1. The molecule has 0 spiro atoms. The zero-order chi connectivity index (χ0) is 20.1. The minimum atomic E-state index is -0.325. The van der Waals surface area contributed by atoms with Crippen LogP contribution in [0.15, 0.2) is 90.3 Å². The lowest BCUT2D eigenvalue weighted by Gasteiger charge is -2.10. The standard InChI is InChI=1S/C23H20N4OS/c1-16(22(28)25-19-13-8-14-24-15-19)29-23-26-20(17-9-4-2-5-10-17)21(27-23)18-11-6-3-7-12-18/h2-16H,1H3,(H,25,28)(H,26,27). The third kappa shape index (κ3) is 4.55. The first kappa shape index (κ1) is 19.0. The summed E-state index contributed by atoms with van der Waals surface area (Å²) in [4.78, 5) is 24.8. The number of anilines is 1. The Morgan fingerprint density at radius 2 is 1.66 bits per heavy atom. The van der Waals surface area contributed by atoms with Gasteiger partial charge in [0.25, 0.3) is 0 Å². The van der Waals surface area contributed by atoms with Gasteiger partial charge in [0, 0.05) is 17.3 Å². The Hall–Kier alpha value is -3.38. The van der Waals surface area contributed by atoms with Gasteiger partial charge in [0.15, 0.2) is 5.16 Å². The number of hydrogen-bond donors (Lipinski definition) is 2. The van der Waals surface area contributed by atoms with Crippen LogP contribution in [0, 0.1) is 0 Å². The van der Waals surface area contributed by atoms with E-state index in [1.807, 2.05) is 73.7 Å². The molecule has 1 unspecified atom stereocenters. The van der Waals surface area contributed by atoms with Crippen molar-refractivity contribution in [1.29, 1.82) is 0 Å². The second-order valence-electron chi connectivity index (χ2n) is 6.49. The highest BCUT2D eigenvalue weighted by molar-refractivity contribution is 8.00. The summed E-state index contributed by atoms with van der Waals surface area (Å²) in [6, 6.07) is 23.7. The molecular weight excluding hydrogens is 380 g/mol. The molecule has 1 atom stereocenters. The van der Waals surface area contributed by atoms with E-state index in [0.717, 1.165) is 22.5 Å². The van der Waals surface area contributed by atoms with Gasteiger partial charge in [-0.15, -0.1) is 0 Å². The summed E-state index contributed by atoms with van der Waals surface area (Å²) in [6.07, 6.45) is 3.30. The highest BCUT2D eigenvalue weighted by Crippen LogP contribution is 2.33. The van der Waals surface area contributed by atoms with Crippen LogP contribution in [0.25, 0.3) is 22.5 Å². The fraction of sp³-hybridized carbons (Fsp3) is 0.0870. The van der Waals surface area contributed by atoms with Crippen LogP contribution in [-0.2, 0) is 4.79 Å². The number of nitrogens with one attached hydrogen (secondary N) is 2. The van der Waals surface area contributed by atoms with Crippen LogP contribution in [0.1, 0.15) is 6.92 Å². The molecule has 2 aromatic carbocycles. The molecule has 0 aliphatic carbocycles. The Balaban J connectivity index is 1.59. The van der Waals surface area contributed by atoms with Gasteiger partial charge in [0.2, 0.25) is 5.91 Å². The van der Waals surface area contributed by atoms with Crippen molar-refractivity contribution in [3.05, 3.63) is 85.2 Å². The molecule has 4 rings (SSSR count). The maximum Gasteiger partial charge on any atom is 0.237 e. The van der Waals surface area contributed by atoms with Crippen molar-refractivity contribution < 1.29 is 4.79 Å². The van der Waals surface area contributed by atoms with Gasteiger partial charge >= 0.3 is 0 Å². The molecule has 0 fully saturated rings. The van der Waals surface area contributed by atoms with Gasteiger partial charge in [-0.2, -0.15) is 0 Å². The molecule has 0 aliphatic heterocycles. The Morgan fingerprint density at radius 1 is 0.966 bits per heavy atom. The van der Waals surface area contributed by atoms with Crippen LogP contribution in [0.5, 0.6) is 0 Å². The topological polar surface area (TPSA) is 70.7 Å². The molecule has 5 nitrogen and oxygen atoms in total. The van der Waals surface area contributed by atoms with Crippen LogP contribution in [0.2, 0.25) is 0 Å². The number of thioether (sulfide) groups is 1. The lowest BCUT2D eigenvalue weighted by Crippen LogP contribution is -2.22. The van der Waals surface area contributed by atoms with Crippen molar-refractivity contribution in [1.82, 2.24) is 15.0 Å². The van der Waals surface area contributed by atoms with Gasteiger partial charge in [-0.05, 0) is 19.1 Å². The number of aromatic amines is 1. The summed E-state index contributed by atoms with van der Waals surface area (Å²) in [7, 11) is 0. The number of amides is 1. The van der Waals surface area contributed by atoms with E-state index in [9.17, 15) is 4.79 Å². The van der Waals surface area contributed by atoms with Gasteiger partial charge in [0.1, 0.15) is 0 Å². The van der Waals surface area contributed by atoms with E-state index < -0.39 is 0 Å². The third-order valence-corrected chi connectivity index (χ3v) is 5.36. The minimum Gasteiger partial charge on any atom is -0.332 e. The minimum absolute atomic E-state index is 0.0954. The van der Waals surface area contributed by atoms with Crippen molar-refractivity contribution in [2.45, 2.75) is 17.3 Å². The zero-order valence-electron chi connectivity index (χ0n) is 15.9. The Morgan fingerprint density at radius 3 is 2.31 bits per heavy atom. The van der Waals surface area contributed by atoms with Gasteiger partial charge in [-0.1, -0.05) is 72.4 Å². The van der Waals surface area contributed by atoms with Crippen LogP contribution >= 0.6 is 11.8 Å². The smallest absolute Gasteiger partial charge is 0.237 e. The summed E-state index contributed by atoms with van der Waals surface area (Å²) in [5.74, 6) is -0.0954.